The van der Waals surface area contributed by atoms with Crippen molar-refractivity contribution < 1.29 is 14.5 Å². The molecule has 27 heavy (non-hydrogen) atoms. The van der Waals surface area contributed by atoms with Crippen molar-refractivity contribution >= 4 is 46.0 Å². The summed E-state index contributed by atoms with van der Waals surface area (Å²) in [4.78, 5) is 40.0. The van der Waals surface area contributed by atoms with E-state index in [2.05, 4.69) is 0 Å². The van der Waals surface area contributed by atoms with Crippen molar-refractivity contribution in [3.8, 4) is 0 Å². The first-order chi connectivity index (χ1) is 12.8. The molecular weight excluding hydrogens is 390 g/mol. The number of carbonyl (C=O) groups is 2. The number of amides is 1. The van der Waals surface area contributed by atoms with Crippen LogP contribution in [0.3, 0.4) is 0 Å². The van der Waals surface area contributed by atoms with Gasteiger partial charge < -0.3 is 9.80 Å². The minimum atomic E-state index is -0.569. The molecular formula is C18H16ClN3O4S. The quantitative estimate of drug-likeness (QED) is 0.438. The summed E-state index contributed by atoms with van der Waals surface area (Å²) in [6.07, 6.45) is 2.16. The standard InChI is InChI=1S/C18H16ClN3O4S/c1-20(2)10-11-5-7-21(15-6-8-27-17(15)16(11)23)18(24)13-4-3-12(22(25)26)9-14(13)19/h3-4,6,8-10H,5,7H2,1-2H3/b11-10-. The Morgan fingerprint density at radius 2 is 2.11 bits per heavy atom. The van der Waals surface area contributed by atoms with Crippen LogP contribution >= 0.6 is 22.9 Å². The lowest BCUT2D eigenvalue weighted by Gasteiger charge is -2.21. The van der Waals surface area contributed by atoms with Gasteiger partial charge in [-0.1, -0.05) is 11.6 Å². The van der Waals surface area contributed by atoms with Crippen LogP contribution in [0.4, 0.5) is 11.4 Å². The molecule has 0 saturated carbocycles. The van der Waals surface area contributed by atoms with Crippen molar-refractivity contribution in [2.24, 2.45) is 0 Å². The molecule has 0 unspecified atom stereocenters. The molecule has 0 aliphatic carbocycles. The summed E-state index contributed by atoms with van der Waals surface area (Å²) in [6, 6.07) is 5.48. The van der Waals surface area contributed by atoms with Gasteiger partial charge in [0, 0.05) is 44.5 Å². The third kappa shape index (κ3) is 3.72. The lowest BCUT2D eigenvalue weighted by Crippen LogP contribution is -2.31. The molecule has 1 amide bonds. The highest BCUT2D eigenvalue weighted by Crippen LogP contribution is 2.35. The SMILES string of the molecule is CN(C)/C=C1/CCN(C(=O)c2ccc([N+](=O)[O-])cc2Cl)c2ccsc2C1=O. The Morgan fingerprint density at radius 3 is 2.74 bits per heavy atom. The van der Waals surface area contributed by atoms with Gasteiger partial charge in [0.15, 0.2) is 0 Å². The van der Waals surface area contributed by atoms with Crippen molar-refractivity contribution in [2.75, 3.05) is 25.5 Å². The highest BCUT2D eigenvalue weighted by atomic mass is 35.5. The van der Waals surface area contributed by atoms with E-state index in [0.717, 1.165) is 6.07 Å². The number of nitrogens with zero attached hydrogens (tertiary/aromatic N) is 3. The molecule has 140 valence electrons. The maximum atomic E-state index is 13.1. The lowest BCUT2D eigenvalue weighted by atomic mass is 10.1. The zero-order valence-corrected chi connectivity index (χ0v) is 16.2. The van der Waals surface area contributed by atoms with E-state index in [1.807, 2.05) is 14.1 Å². The summed E-state index contributed by atoms with van der Waals surface area (Å²) in [5, 5.41) is 12.6. The van der Waals surface area contributed by atoms with E-state index < -0.39 is 10.8 Å². The number of anilines is 1. The summed E-state index contributed by atoms with van der Waals surface area (Å²) in [7, 11) is 3.67. The van der Waals surface area contributed by atoms with Crippen LogP contribution in [0.15, 0.2) is 41.4 Å². The highest BCUT2D eigenvalue weighted by Gasteiger charge is 2.30. The highest BCUT2D eigenvalue weighted by molar-refractivity contribution is 7.13. The van der Waals surface area contributed by atoms with Crippen LogP contribution in [-0.2, 0) is 0 Å². The van der Waals surface area contributed by atoms with E-state index in [9.17, 15) is 19.7 Å². The number of nitro groups is 1. The van der Waals surface area contributed by atoms with Crippen LogP contribution in [0.1, 0.15) is 26.5 Å². The predicted octanol–water partition coefficient (Wildman–Crippen LogP) is 3.99. The van der Waals surface area contributed by atoms with Crippen LogP contribution in [0.5, 0.6) is 0 Å². The molecule has 2 heterocycles. The fraction of sp³-hybridized carbons (Fsp3) is 0.222. The van der Waals surface area contributed by atoms with Crippen molar-refractivity contribution in [3.63, 3.8) is 0 Å². The molecule has 1 aromatic carbocycles. The zero-order valence-electron chi connectivity index (χ0n) is 14.6. The van der Waals surface area contributed by atoms with Crippen molar-refractivity contribution in [2.45, 2.75) is 6.42 Å². The van der Waals surface area contributed by atoms with Crippen LogP contribution in [0, 0.1) is 10.1 Å². The molecule has 9 heteroatoms. The van der Waals surface area contributed by atoms with Crippen molar-refractivity contribution in [1.29, 1.82) is 0 Å². The number of rotatable bonds is 3. The van der Waals surface area contributed by atoms with Gasteiger partial charge in [-0.05, 0) is 23.9 Å². The number of ketones is 1. The van der Waals surface area contributed by atoms with Crippen LogP contribution < -0.4 is 4.90 Å². The van der Waals surface area contributed by atoms with Crippen LogP contribution in [-0.4, -0.2) is 42.2 Å². The number of fused-ring (bicyclic) bond motifs is 1. The minimum Gasteiger partial charge on any atom is -0.383 e. The number of thiophene rings is 1. The molecule has 1 aromatic heterocycles. The van der Waals surface area contributed by atoms with Crippen molar-refractivity contribution in [3.05, 3.63) is 67.0 Å². The molecule has 0 spiro atoms. The van der Waals surface area contributed by atoms with E-state index in [-0.39, 0.29) is 22.1 Å². The second kappa shape index (κ2) is 7.50. The molecule has 1 aliphatic rings. The smallest absolute Gasteiger partial charge is 0.270 e. The summed E-state index contributed by atoms with van der Waals surface area (Å²) < 4.78 is 0. The second-order valence-corrected chi connectivity index (χ2v) is 7.53. The Labute approximate surface area is 164 Å². The topological polar surface area (TPSA) is 83.8 Å². The number of hydrogen-bond donors (Lipinski definition) is 0. The molecule has 0 saturated heterocycles. The largest absolute Gasteiger partial charge is 0.383 e. The van der Waals surface area contributed by atoms with Gasteiger partial charge in [-0.25, -0.2) is 0 Å². The molecule has 3 rings (SSSR count). The van der Waals surface area contributed by atoms with Crippen molar-refractivity contribution in [1.82, 2.24) is 4.90 Å². The predicted molar refractivity (Wildman–Crippen MR) is 105 cm³/mol. The minimum absolute atomic E-state index is 0.00519. The number of Topliss-reactive ketones (excluding diaryl/α,β-unsaturated/α-hetero) is 1. The third-order valence-corrected chi connectivity index (χ3v) is 5.31. The number of nitro benzene ring substituents is 1. The molecule has 0 bridgehead atoms. The normalized spacial score (nSPS) is 15.4. The number of carbonyl (C=O) groups excluding carboxylic acids is 2. The Balaban J connectivity index is 2.00. The maximum Gasteiger partial charge on any atom is 0.270 e. The number of hydrogen-bond acceptors (Lipinski definition) is 6. The molecule has 7 nitrogen and oxygen atoms in total. The fourth-order valence-electron chi connectivity index (χ4n) is 2.88. The summed E-state index contributed by atoms with van der Waals surface area (Å²) in [6.45, 7) is 0.307. The molecule has 0 radical (unpaired) electrons. The first-order valence-electron chi connectivity index (χ1n) is 8.04. The lowest BCUT2D eigenvalue weighted by molar-refractivity contribution is -0.384. The molecule has 0 fully saturated rings. The number of non-ortho nitro benzene ring substituents is 1. The molecule has 0 atom stereocenters. The summed E-state index contributed by atoms with van der Waals surface area (Å²) in [5.74, 6) is -0.493. The Morgan fingerprint density at radius 1 is 1.37 bits per heavy atom. The maximum absolute atomic E-state index is 13.1. The van der Waals surface area contributed by atoms with Gasteiger partial charge in [0.1, 0.15) is 0 Å². The Hall–Kier alpha value is -2.71. The van der Waals surface area contributed by atoms with Gasteiger partial charge in [-0.3, -0.25) is 19.7 Å². The Bertz CT molecular complexity index is 967. The molecule has 1 aliphatic heterocycles. The van der Waals surface area contributed by atoms with Gasteiger partial charge in [0.2, 0.25) is 5.78 Å². The Kier molecular flexibility index (Phi) is 5.29. The van der Waals surface area contributed by atoms with E-state index in [4.69, 9.17) is 11.6 Å². The van der Waals surface area contributed by atoms with E-state index in [0.29, 0.717) is 29.1 Å². The van der Waals surface area contributed by atoms with Crippen LogP contribution in [0.2, 0.25) is 5.02 Å². The van der Waals surface area contributed by atoms with Gasteiger partial charge in [0.05, 0.1) is 26.1 Å². The van der Waals surface area contributed by atoms with Gasteiger partial charge in [0.25, 0.3) is 11.6 Å². The molecule has 2 aromatic rings. The van der Waals surface area contributed by atoms with E-state index >= 15 is 0 Å². The average molecular weight is 406 g/mol. The van der Waals surface area contributed by atoms with Crippen LogP contribution in [0.25, 0.3) is 0 Å². The first-order valence-corrected chi connectivity index (χ1v) is 9.30. The number of benzene rings is 1. The monoisotopic (exact) mass is 405 g/mol. The summed E-state index contributed by atoms with van der Waals surface area (Å²) in [5.41, 5.74) is 1.13. The second-order valence-electron chi connectivity index (χ2n) is 6.21. The van der Waals surface area contributed by atoms with Gasteiger partial charge in [-0.2, -0.15) is 0 Å². The molecule has 0 N–H and O–H groups in total. The van der Waals surface area contributed by atoms with E-state index in [1.54, 1.807) is 22.5 Å². The number of halogens is 1. The first kappa shape index (κ1) is 19.1. The summed E-state index contributed by atoms with van der Waals surface area (Å²) >= 11 is 7.40. The fourth-order valence-corrected chi connectivity index (χ4v) is 4.00. The average Bonchev–Trinajstić information content (AvgIpc) is 3.04. The zero-order chi connectivity index (χ0) is 19.7. The van der Waals surface area contributed by atoms with E-state index in [1.165, 1.54) is 28.4 Å². The van der Waals surface area contributed by atoms with Gasteiger partial charge >= 0.3 is 0 Å². The third-order valence-electron chi connectivity index (χ3n) is 4.09. The van der Waals surface area contributed by atoms with Gasteiger partial charge in [-0.15, -0.1) is 11.3 Å².